The van der Waals surface area contributed by atoms with Crippen molar-refractivity contribution >= 4 is 46.5 Å². The summed E-state index contributed by atoms with van der Waals surface area (Å²) >= 11 is 17.3. The first-order valence-electron chi connectivity index (χ1n) is 5.41. The van der Waals surface area contributed by atoms with Crippen molar-refractivity contribution in [3.63, 3.8) is 0 Å². The van der Waals surface area contributed by atoms with E-state index in [9.17, 15) is 0 Å². The summed E-state index contributed by atoms with van der Waals surface area (Å²) in [6.07, 6.45) is 0. The van der Waals surface area contributed by atoms with Gasteiger partial charge in [0.2, 0.25) is 5.89 Å². The number of benzene rings is 1. The minimum absolute atomic E-state index is 0.387. The molecule has 8 heteroatoms. The third kappa shape index (κ3) is 2.27. The summed E-state index contributed by atoms with van der Waals surface area (Å²) in [5, 5.41) is 4.70. The summed E-state index contributed by atoms with van der Waals surface area (Å²) < 4.78 is 7.47. The molecular formula is C11H8Cl2N4OS. The smallest absolute Gasteiger partial charge is 0.246 e. The highest BCUT2D eigenvalue weighted by molar-refractivity contribution is 7.71. The standard InChI is InChI=1S/C11H8Cl2N4OS/c1-5-14-10(18-16-5)4-17-9-3-7(13)6(12)2-8(9)15-11(17)19/h2-3H,4H2,1H3,(H,15,19). The zero-order chi connectivity index (χ0) is 13.6. The van der Waals surface area contributed by atoms with E-state index < -0.39 is 0 Å². The van der Waals surface area contributed by atoms with Gasteiger partial charge in [-0.25, -0.2) is 0 Å². The van der Waals surface area contributed by atoms with Crippen LogP contribution < -0.4 is 0 Å². The fourth-order valence-electron chi connectivity index (χ4n) is 1.85. The minimum Gasteiger partial charge on any atom is -0.337 e. The minimum atomic E-state index is 0.387. The van der Waals surface area contributed by atoms with E-state index >= 15 is 0 Å². The van der Waals surface area contributed by atoms with Crippen molar-refractivity contribution in [1.82, 2.24) is 19.7 Å². The highest BCUT2D eigenvalue weighted by Gasteiger charge is 2.11. The van der Waals surface area contributed by atoms with Crippen molar-refractivity contribution < 1.29 is 4.52 Å². The highest BCUT2D eigenvalue weighted by Crippen LogP contribution is 2.27. The van der Waals surface area contributed by atoms with Crippen molar-refractivity contribution in [1.29, 1.82) is 0 Å². The summed E-state index contributed by atoms with van der Waals surface area (Å²) in [5.74, 6) is 1.07. The van der Waals surface area contributed by atoms with Gasteiger partial charge in [-0.15, -0.1) is 0 Å². The van der Waals surface area contributed by atoms with Crippen LogP contribution in [0.2, 0.25) is 10.0 Å². The van der Waals surface area contributed by atoms with Gasteiger partial charge in [-0.3, -0.25) is 0 Å². The van der Waals surface area contributed by atoms with Crippen LogP contribution in [0, 0.1) is 11.7 Å². The summed E-state index contributed by atoms with van der Waals surface area (Å²) in [6.45, 7) is 2.15. The number of aromatic nitrogens is 4. The van der Waals surface area contributed by atoms with Crippen LogP contribution in [-0.2, 0) is 6.54 Å². The van der Waals surface area contributed by atoms with Crippen LogP contribution in [0.25, 0.3) is 11.0 Å². The fourth-order valence-corrected chi connectivity index (χ4v) is 2.44. The average molecular weight is 315 g/mol. The van der Waals surface area contributed by atoms with Crippen molar-refractivity contribution in [3.05, 3.63) is 38.7 Å². The molecule has 0 aliphatic heterocycles. The molecule has 0 unspecified atom stereocenters. The molecule has 0 spiro atoms. The Morgan fingerprint density at radius 1 is 1.37 bits per heavy atom. The van der Waals surface area contributed by atoms with Gasteiger partial charge in [0.1, 0.15) is 6.54 Å². The first kappa shape index (κ1) is 12.7. The van der Waals surface area contributed by atoms with Gasteiger partial charge in [-0.1, -0.05) is 28.4 Å². The van der Waals surface area contributed by atoms with Crippen molar-refractivity contribution in [2.75, 3.05) is 0 Å². The number of aryl methyl sites for hydroxylation is 1. The second kappa shape index (κ2) is 4.63. The second-order valence-electron chi connectivity index (χ2n) is 4.04. The Hall–Kier alpha value is -1.37. The Morgan fingerprint density at radius 2 is 2.11 bits per heavy atom. The van der Waals surface area contributed by atoms with Gasteiger partial charge in [0.25, 0.3) is 0 Å². The largest absolute Gasteiger partial charge is 0.337 e. The number of imidazole rings is 1. The Labute approximate surface area is 123 Å². The monoisotopic (exact) mass is 314 g/mol. The molecule has 19 heavy (non-hydrogen) atoms. The molecule has 5 nitrogen and oxygen atoms in total. The maximum Gasteiger partial charge on any atom is 0.246 e. The van der Waals surface area contributed by atoms with Crippen LogP contribution in [0.15, 0.2) is 16.7 Å². The van der Waals surface area contributed by atoms with Crippen molar-refractivity contribution in [2.45, 2.75) is 13.5 Å². The summed E-state index contributed by atoms with van der Waals surface area (Å²) in [4.78, 5) is 7.22. The van der Waals surface area contributed by atoms with Crippen molar-refractivity contribution in [3.8, 4) is 0 Å². The van der Waals surface area contributed by atoms with Crippen molar-refractivity contribution in [2.24, 2.45) is 0 Å². The molecule has 0 saturated carbocycles. The maximum atomic E-state index is 6.03. The number of halogens is 2. The molecule has 98 valence electrons. The first-order valence-corrected chi connectivity index (χ1v) is 6.58. The van der Waals surface area contributed by atoms with E-state index in [1.807, 2.05) is 4.57 Å². The molecule has 0 aliphatic carbocycles. The average Bonchev–Trinajstić information content (AvgIpc) is 2.87. The van der Waals surface area contributed by atoms with Crippen LogP contribution in [0.3, 0.4) is 0 Å². The predicted octanol–water partition coefficient (Wildman–Crippen LogP) is 3.75. The maximum absolute atomic E-state index is 6.03. The van der Waals surface area contributed by atoms with Crippen LogP contribution in [0.5, 0.6) is 0 Å². The molecule has 1 N–H and O–H groups in total. The number of H-pyrrole nitrogens is 1. The second-order valence-corrected chi connectivity index (χ2v) is 5.24. The topological polar surface area (TPSA) is 59.6 Å². The van der Waals surface area contributed by atoms with E-state index in [0.29, 0.717) is 33.1 Å². The third-order valence-electron chi connectivity index (χ3n) is 2.68. The molecule has 2 aromatic heterocycles. The van der Waals surface area contributed by atoms with Gasteiger partial charge in [0, 0.05) is 0 Å². The first-order chi connectivity index (χ1) is 9.04. The number of rotatable bonds is 2. The lowest BCUT2D eigenvalue weighted by Crippen LogP contribution is -2.00. The Morgan fingerprint density at radius 3 is 2.79 bits per heavy atom. The number of hydrogen-bond acceptors (Lipinski definition) is 4. The van der Waals surface area contributed by atoms with Gasteiger partial charge >= 0.3 is 0 Å². The normalized spacial score (nSPS) is 11.3. The zero-order valence-electron chi connectivity index (χ0n) is 9.78. The van der Waals surface area contributed by atoms with E-state index in [1.54, 1.807) is 19.1 Å². The van der Waals surface area contributed by atoms with Crippen LogP contribution >= 0.6 is 35.4 Å². The van der Waals surface area contributed by atoms with E-state index in [2.05, 4.69) is 15.1 Å². The van der Waals surface area contributed by atoms with E-state index in [4.69, 9.17) is 39.9 Å². The van der Waals surface area contributed by atoms with Gasteiger partial charge in [0.05, 0.1) is 21.1 Å². The molecule has 1 aromatic carbocycles. The Kier molecular flexibility index (Phi) is 3.08. The fraction of sp³-hybridized carbons (Fsp3) is 0.182. The lowest BCUT2D eigenvalue weighted by molar-refractivity contribution is 0.368. The molecule has 0 atom stereocenters. The van der Waals surface area contributed by atoms with Gasteiger partial charge in [-0.05, 0) is 31.3 Å². The SMILES string of the molecule is Cc1noc(Cn2c(=S)[nH]c3cc(Cl)c(Cl)cc32)n1. The summed E-state index contributed by atoms with van der Waals surface area (Å²) in [5.41, 5.74) is 1.66. The summed E-state index contributed by atoms with van der Waals surface area (Å²) in [6, 6.07) is 3.50. The van der Waals surface area contributed by atoms with Gasteiger partial charge in [-0.2, -0.15) is 4.98 Å². The quantitative estimate of drug-likeness (QED) is 0.732. The number of fused-ring (bicyclic) bond motifs is 1. The van der Waals surface area contributed by atoms with E-state index in [0.717, 1.165) is 11.0 Å². The Bertz CT molecular complexity index is 820. The molecular weight excluding hydrogens is 307 g/mol. The molecule has 0 saturated heterocycles. The molecule has 2 heterocycles. The van der Waals surface area contributed by atoms with E-state index in [1.165, 1.54) is 0 Å². The van der Waals surface area contributed by atoms with Crippen LogP contribution in [0.1, 0.15) is 11.7 Å². The highest BCUT2D eigenvalue weighted by atomic mass is 35.5. The molecule has 0 amide bonds. The molecule has 0 aliphatic rings. The molecule has 3 rings (SSSR count). The lowest BCUT2D eigenvalue weighted by atomic mass is 10.3. The van der Waals surface area contributed by atoms with Gasteiger partial charge < -0.3 is 14.1 Å². The molecule has 0 radical (unpaired) electrons. The number of nitrogens with zero attached hydrogens (tertiary/aromatic N) is 3. The summed E-state index contributed by atoms with van der Waals surface area (Å²) in [7, 11) is 0. The molecule has 0 bridgehead atoms. The number of aromatic amines is 1. The number of hydrogen-bond donors (Lipinski definition) is 1. The predicted molar refractivity (Wildman–Crippen MR) is 75.3 cm³/mol. The third-order valence-corrected chi connectivity index (χ3v) is 3.72. The molecule has 3 aromatic rings. The van der Waals surface area contributed by atoms with Crippen LogP contribution in [-0.4, -0.2) is 19.7 Å². The van der Waals surface area contributed by atoms with E-state index in [-0.39, 0.29) is 0 Å². The lowest BCUT2D eigenvalue weighted by Gasteiger charge is -2.01. The number of nitrogens with one attached hydrogen (secondary N) is 1. The Balaban J connectivity index is 2.15. The van der Waals surface area contributed by atoms with Gasteiger partial charge in [0.15, 0.2) is 10.6 Å². The molecule has 0 fully saturated rings. The van der Waals surface area contributed by atoms with Crippen LogP contribution in [0.4, 0.5) is 0 Å². The zero-order valence-corrected chi connectivity index (χ0v) is 12.1.